The molecule has 0 heterocycles. The highest BCUT2D eigenvalue weighted by Crippen LogP contribution is 2.34. The number of hydrogen-bond acceptors (Lipinski definition) is 5. The number of halogens is 3. The average Bonchev–Trinajstić information content (AvgIpc) is 2.80. The van der Waals surface area contributed by atoms with Gasteiger partial charge in [-0.05, 0) is 83.6 Å². The van der Waals surface area contributed by atoms with E-state index in [9.17, 15) is 9.59 Å². The van der Waals surface area contributed by atoms with Gasteiger partial charge >= 0.3 is 0 Å². The molecular formula is C24H20BrClIN3O4. The molecule has 0 unspecified atom stereocenters. The molecule has 2 N–H and O–H groups in total. The molecule has 34 heavy (non-hydrogen) atoms. The Bertz CT molecular complexity index is 1210. The van der Waals surface area contributed by atoms with Crippen LogP contribution >= 0.6 is 50.1 Å². The van der Waals surface area contributed by atoms with Crippen molar-refractivity contribution in [3.05, 3.63) is 84.9 Å². The van der Waals surface area contributed by atoms with Crippen LogP contribution in [0.2, 0.25) is 5.02 Å². The van der Waals surface area contributed by atoms with Gasteiger partial charge in [-0.1, -0.05) is 39.7 Å². The minimum absolute atomic E-state index is 0.224. The fraction of sp³-hybridized carbons (Fsp3) is 0.125. The summed E-state index contributed by atoms with van der Waals surface area (Å²) in [5.41, 5.74) is 4.19. The first-order valence-corrected chi connectivity index (χ1v) is 12.3. The number of carbonyl (C=O) groups excluding carboxylic acids is 2. The highest BCUT2D eigenvalue weighted by molar-refractivity contribution is 14.1. The number of carbonyl (C=O) groups is 2. The van der Waals surface area contributed by atoms with Crippen molar-refractivity contribution in [1.82, 2.24) is 5.43 Å². The van der Waals surface area contributed by atoms with E-state index in [0.29, 0.717) is 39.9 Å². The van der Waals surface area contributed by atoms with Crippen LogP contribution in [0.5, 0.6) is 11.5 Å². The van der Waals surface area contributed by atoms with E-state index >= 15 is 0 Å². The third-order valence-electron chi connectivity index (χ3n) is 4.31. The van der Waals surface area contributed by atoms with Gasteiger partial charge in [-0.2, -0.15) is 5.10 Å². The molecule has 0 saturated heterocycles. The zero-order valence-corrected chi connectivity index (χ0v) is 22.5. The van der Waals surface area contributed by atoms with Gasteiger partial charge in [-0.3, -0.25) is 9.59 Å². The molecule has 3 aromatic rings. The summed E-state index contributed by atoms with van der Waals surface area (Å²) in [7, 11) is 0. The van der Waals surface area contributed by atoms with E-state index in [1.54, 1.807) is 60.7 Å². The van der Waals surface area contributed by atoms with Gasteiger partial charge in [0.15, 0.2) is 18.1 Å². The zero-order valence-electron chi connectivity index (χ0n) is 18.0. The molecule has 3 rings (SSSR count). The van der Waals surface area contributed by atoms with E-state index in [4.69, 9.17) is 21.1 Å². The Hall–Kier alpha value is -2.63. The van der Waals surface area contributed by atoms with Crippen molar-refractivity contribution in [2.24, 2.45) is 5.10 Å². The molecule has 0 saturated carbocycles. The number of nitrogens with one attached hydrogen (secondary N) is 2. The number of hydrazone groups is 1. The van der Waals surface area contributed by atoms with Crippen molar-refractivity contribution in [3.63, 3.8) is 0 Å². The highest BCUT2D eigenvalue weighted by Gasteiger charge is 2.14. The number of benzene rings is 3. The molecule has 0 atom stereocenters. The predicted molar refractivity (Wildman–Crippen MR) is 145 cm³/mol. The van der Waals surface area contributed by atoms with Crippen LogP contribution in [0.3, 0.4) is 0 Å². The number of amides is 2. The van der Waals surface area contributed by atoms with E-state index in [0.717, 1.165) is 8.04 Å². The third kappa shape index (κ3) is 7.44. The van der Waals surface area contributed by atoms with Crippen LogP contribution in [0.15, 0.2) is 70.2 Å². The van der Waals surface area contributed by atoms with Crippen LogP contribution in [0.1, 0.15) is 22.8 Å². The SMILES string of the molecule is CCOc1cc(/C=N/NC(=O)c2ccc(Br)cc2)cc(I)c1OCC(=O)Nc1ccccc1Cl. The number of anilines is 1. The minimum atomic E-state index is -0.354. The van der Waals surface area contributed by atoms with Crippen molar-refractivity contribution in [1.29, 1.82) is 0 Å². The first kappa shape index (κ1) is 26.0. The topological polar surface area (TPSA) is 89.0 Å². The van der Waals surface area contributed by atoms with Gasteiger partial charge in [0.25, 0.3) is 11.8 Å². The summed E-state index contributed by atoms with van der Waals surface area (Å²) in [4.78, 5) is 24.5. The first-order chi connectivity index (χ1) is 16.4. The van der Waals surface area contributed by atoms with Crippen LogP contribution in [0.4, 0.5) is 5.69 Å². The summed E-state index contributed by atoms with van der Waals surface area (Å²) in [5.74, 6) is 0.217. The van der Waals surface area contributed by atoms with Gasteiger partial charge < -0.3 is 14.8 Å². The molecule has 176 valence electrons. The normalized spacial score (nSPS) is 10.7. The molecule has 7 nitrogen and oxygen atoms in total. The van der Waals surface area contributed by atoms with Crippen LogP contribution in [-0.2, 0) is 4.79 Å². The summed E-state index contributed by atoms with van der Waals surface area (Å²) < 4.78 is 13.1. The lowest BCUT2D eigenvalue weighted by Gasteiger charge is -2.15. The lowest BCUT2D eigenvalue weighted by atomic mass is 10.2. The van der Waals surface area contributed by atoms with Crippen LogP contribution in [0.25, 0.3) is 0 Å². The Morgan fingerprint density at radius 1 is 1.12 bits per heavy atom. The highest BCUT2D eigenvalue weighted by atomic mass is 127. The molecule has 0 aliphatic rings. The Labute approximate surface area is 224 Å². The average molecular weight is 657 g/mol. The maximum absolute atomic E-state index is 12.3. The second-order valence-corrected chi connectivity index (χ2v) is 9.27. The molecule has 0 fully saturated rings. The number of hydrogen-bond donors (Lipinski definition) is 2. The number of nitrogens with zero attached hydrogens (tertiary/aromatic N) is 1. The van der Waals surface area contributed by atoms with Crippen LogP contribution in [-0.4, -0.2) is 31.2 Å². The quantitative estimate of drug-likeness (QED) is 0.171. The number of para-hydroxylation sites is 1. The van der Waals surface area contributed by atoms with Gasteiger partial charge in [-0.25, -0.2) is 5.43 Å². The predicted octanol–water partition coefficient (Wildman–Crippen LogP) is 5.89. The molecule has 10 heteroatoms. The van der Waals surface area contributed by atoms with Crippen molar-refractivity contribution in [2.75, 3.05) is 18.5 Å². The Morgan fingerprint density at radius 2 is 1.85 bits per heavy atom. The van der Waals surface area contributed by atoms with Crippen molar-refractivity contribution < 1.29 is 19.1 Å². The molecule has 0 aliphatic heterocycles. The molecule has 3 aromatic carbocycles. The molecule has 0 spiro atoms. The minimum Gasteiger partial charge on any atom is -0.490 e. The van der Waals surface area contributed by atoms with Gasteiger partial charge in [0, 0.05) is 10.0 Å². The molecule has 0 aliphatic carbocycles. The van der Waals surface area contributed by atoms with Gasteiger partial charge in [-0.15, -0.1) is 0 Å². The van der Waals surface area contributed by atoms with E-state index in [1.165, 1.54) is 6.21 Å². The largest absolute Gasteiger partial charge is 0.490 e. The second-order valence-electron chi connectivity index (χ2n) is 6.79. The molecule has 0 bridgehead atoms. The standard InChI is InChI=1S/C24H20BrClIN3O4/c1-2-33-21-12-15(13-28-30-24(32)16-7-9-17(25)10-8-16)11-19(27)23(21)34-14-22(31)29-20-6-4-3-5-18(20)26/h3-13H,2,14H2,1H3,(H,29,31)(H,30,32)/b28-13+. The molecule has 0 radical (unpaired) electrons. The maximum atomic E-state index is 12.3. The zero-order chi connectivity index (χ0) is 24.5. The van der Waals surface area contributed by atoms with Crippen LogP contribution in [0, 0.1) is 3.57 Å². The summed E-state index contributed by atoms with van der Waals surface area (Å²) in [6.07, 6.45) is 1.51. The number of rotatable bonds is 9. The van der Waals surface area contributed by atoms with Gasteiger partial charge in [0.1, 0.15) is 0 Å². The van der Waals surface area contributed by atoms with E-state index in [2.05, 4.69) is 54.4 Å². The lowest BCUT2D eigenvalue weighted by molar-refractivity contribution is -0.118. The Morgan fingerprint density at radius 3 is 2.56 bits per heavy atom. The van der Waals surface area contributed by atoms with Gasteiger partial charge in [0.2, 0.25) is 0 Å². The number of ether oxygens (including phenoxy) is 2. The molecular weight excluding hydrogens is 637 g/mol. The summed E-state index contributed by atoms with van der Waals surface area (Å²) in [5, 5.41) is 7.18. The van der Waals surface area contributed by atoms with Crippen LogP contribution < -0.4 is 20.2 Å². The van der Waals surface area contributed by atoms with E-state index in [1.807, 2.05) is 6.92 Å². The lowest BCUT2D eigenvalue weighted by Crippen LogP contribution is -2.21. The smallest absolute Gasteiger partial charge is 0.271 e. The summed E-state index contributed by atoms with van der Waals surface area (Å²) >= 11 is 11.5. The fourth-order valence-corrected chi connectivity index (χ4v) is 4.01. The third-order valence-corrected chi connectivity index (χ3v) is 5.97. The first-order valence-electron chi connectivity index (χ1n) is 10.1. The van der Waals surface area contributed by atoms with Gasteiger partial charge in [0.05, 0.1) is 27.1 Å². The van der Waals surface area contributed by atoms with Crippen molar-refractivity contribution in [3.8, 4) is 11.5 Å². The van der Waals surface area contributed by atoms with E-state index in [-0.39, 0.29) is 18.4 Å². The second kappa shape index (κ2) is 12.7. The Kier molecular flexibility index (Phi) is 9.73. The van der Waals surface area contributed by atoms with Crippen molar-refractivity contribution >= 4 is 73.8 Å². The van der Waals surface area contributed by atoms with E-state index < -0.39 is 0 Å². The molecule has 2 amide bonds. The summed E-state index contributed by atoms with van der Waals surface area (Å²) in [6, 6.07) is 17.4. The summed E-state index contributed by atoms with van der Waals surface area (Å²) in [6.45, 7) is 2.02. The maximum Gasteiger partial charge on any atom is 0.271 e. The fourth-order valence-electron chi connectivity index (χ4n) is 2.78. The van der Waals surface area contributed by atoms with Crippen molar-refractivity contribution in [2.45, 2.75) is 6.92 Å². The Balaban J connectivity index is 1.66. The molecule has 0 aromatic heterocycles. The monoisotopic (exact) mass is 655 g/mol.